The van der Waals surface area contributed by atoms with Gasteiger partial charge in [0.15, 0.2) is 11.6 Å². The lowest BCUT2D eigenvalue weighted by Crippen LogP contribution is -2.15. The molecule has 0 bridgehead atoms. The summed E-state index contributed by atoms with van der Waals surface area (Å²) in [6.45, 7) is 2.63. The third kappa shape index (κ3) is 3.30. The van der Waals surface area contributed by atoms with Crippen LogP contribution in [0.1, 0.15) is 24.0 Å². The van der Waals surface area contributed by atoms with Crippen LogP contribution in [0, 0.1) is 12.7 Å². The van der Waals surface area contributed by atoms with Crippen LogP contribution in [0.3, 0.4) is 0 Å². The summed E-state index contributed by atoms with van der Waals surface area (Å²) in [6, 6.07) is 5.49. The number of rotatable bonds is 5. The van der Waals surface area contributed by atoms with Crippen LogP contribution in [0.15, 0.2) is 30.6 Å². The standard InChI is InChI=1S/C15H16FN3O/c1-10-2-5-13(16)14(6-10)20-15-18-8-11(9-19-15)7-17-12-3-4-12/h2,5-6,8-9,12,17H,3-4,7H2,1H3. The SMILES string of the molecule is Cc1ccc(F)c(Oc2ncc(CNC3CC3)cn2)c1. The van der Waals surface area contributed by atoms with E-state index in [1.54, 1.807) is 24.5 Å². The number of aromatic nitrogens is 2. The monoisotopic (exact) mass is 273 g/mol. The molecule has 1 aromatic heterocycles. The highest BCUT2D eigenvalue weighted by atomic mass is 19.1. The number of hydrogen-bond acceptors (Lipinski definition) is 4. The molecule has 1 N–H and O–H groups in total. The maximum Gasteiger partial charge on any atom is 0.321 e. The number of aryl methyl sites for hydroxylation is 1. The summed E-state index contributed by atoms with van der Waals surface area (Å²) in [4.78, 5) is 8.21. The van der Waals surface area contributed by atoms with E-state index in [2.05, 4.69) is 15.3 Å². The van der Waals surface area contributed by atoms with Crippen LogP contribution >= 0.6 is 0 Å². The first-order valence-corrected chi connectivity index (χ1v) is 6.69. The smallest absolute Gasteiger partial charge is 0.321 e. The molecule has 0 spiro atoms. The van der Waals surface area contributed by atoms with Crippen LogP contribution in [0.25, 0.3) is 0 Å². The van der Waals surface area contributed by atoms with Gasteiger partial charge in [0.1, 0.15) is 0 Å². The molecule has 1 fully saturated rings. The number of ether oxygens (including phenoxy) is 1. The Bertz CT molecular complexity index is 597. The lowest BCUT2D eigenvalue weighted by Gasteiger charge is -2.07. The largest absolute Gasteiger partial charge is 0.421 e. The van der Waals surface area contributed by atoms with Gasteiger partial charge in [0.05, 0.1) is 0 Å². The van der Waals surface area contributed by atoms with E-state index < -0.39 is 5.82 Å². The van der Waals surface area contributed by atoms with E-state index in [4.69, 9.17) is 4.74 Å². The fraction of sp³-hybridized carbons (Fsp3) is 0.333. The fourth-order valence-corrected chi connectivity index (χ4v) is 1.82. The van der Waals surface area contributed by atoms with Crippen molar-refractivity contribution in [2.24, 2.45) is 0 Å². The molecule has 1 aromatic carbocycles. The molecule has 20 heavy (non-hydrogen) atoms. The van der Waals surface area contributed by atoms with Gasteiger partial charge < -0.3 is 10.1 Å². The van der Waals surface area contributed by atoms with Crippen molar-refractivity contribution in [1.29, 1.82) is 0 Å². The molecule has 2 aromatic rings. The van der Waals surface area contributed by atoms with Crippen molar-refractivity contribution in [2.75, 3.05) is 0 Å². The molecule has 1 aliphatic carbocycles. The lowest BCUT2D eigenvalue weighted by atomic mass is 10.2. The predicted molar refractivity (Wildman–Crippen MR) is 73.1 cm³/mol. The van der Waals surface area contributed by atoms with Crippen LogP contribution in [0.5, 0.6) is 11.8 Å². The summed E-state index contributed by atoms with van der Waals surface area (Å²) in [5, 5.41) is 3.38. The van der Waals surface area contributed by atoms with E-state index in [0.717, 1.165) is 17.7 Å². The Hall–Kier alpha value is -2.01. The van der Waals surface area contributed by atoms with Gasteiger partial charge in [0.25, 0.3) is 0 Å². The molecular weight excluding hydrogens is 257 g/mol. The zero-order valence-electron chi connectivity index (χ0n) is 11.3. The Kier molecular flexibility index (Phi) is 3.60. The summed E-state index contributed by atoms with van der Waals surface area (Å²) in [5.41, 5.74) is 1.92. The molecule has 0 radical (unpaired) electrons. The maximum atomic E-state index is 13.6. The van der Waals surface area contributed by atoms with Gasteiger partial charge in [-0.3, -0.25) is 0 Å². The zero-order chi connectivity index (χ0) is 13.9. The van der Waals surface area contributed by atoms with Crippen LogP contribution in [0.2, 0.25) is 0 Å². The third-order valence-electron chi connectivity index (χ3n) is 3.14. The summed E-state index contributed by atoms with van der Waals surface area (Å²) in [7, 11) is 0. The van der Waals surface area contributed by atoms with Crippen molar-refractivity contribution in [1.82, 2.24) is 15.3 Å². The minimum atomic E-state index is -0.418. The second-order valence-corrected chi connectivity index (χ2v) is 5.06. The van der Waals surface area contributed by atoms with Crippen LogP contribution in [0.4, 0.5) is 4.39 Å². The first-order valence-electron chi connectivity index (χ1n) is 6.69. The van der Waals surface area contributed by atoms with E-state index in [-0.39, 0.29) is 11.8 Å². The average molecular weight is 273 g/mol. The molecule has 0 saturated heterocycles. The van der Waals surface area contributed by atoms with E-state index in [9.17, 15) is 4.39 Å². The second-order valence-electron chi connectivity index (χ2n) is 5.06. The van der Waals surface area contributed by atoms with Gasteiger partial charge in [0.2, 0.25) is 0 Å². The molecule has 0 atom stereocenters. The molecule has 0 aliphatic heterocycles. The minimum Gasteiger partial charge on any atom is -0.421 e. The van der Waals surface area contributed by atoms with Crippen molar-refractivity contribution < 1.29 is 9.13 Å². The Labute approximate surface area is 117 Å². The molecule has 1 saturated carbocycles. The van der Waals surface area contributed by atoms with Gasteiger partial charge in [-0.1, -0.05) is 6.07 Å². The van der Waals surface area contributed by atoms with Gasteiger partial charge in [-0.05, 0) is 37.5 Å². The second kappa shape index (κ2) is 5.54. The van der Waals surface area contributed by atoms with Crippen molar-refractivity contribution in [3.05, 3.63) is 47.5 Å². The van der Waals surface area contributed by atoms with E-state index in [1.165, 1.54) is 18.9 Å². The highest BCUT2D eigenvalue weighted by Gasteiger charge is 2.20. The van der Waals surface area contributed by atoms with E-state index >= 15 is 0 Å². The molecule has 1 heterocycles. The molecule has 0 unspecified atom stereocenters. The normalized spacial score (nSPS) is 14.3. The van der Waals surface area contributed by atoms with Crippen molar-refractivity contribution >= 4 is 0 Å². The van der Waals surface area contributed by atoms with Crippen LogP contribution in [-0.2, 0) is 6.54 Å². The average Bonchev–Trinajstić information content (AvgIpc) is 3.26. The minimum absolute atomic E-state index is 0.147. The quantitative estimate of drug-likeness (QED) is 0.909. The Morgan fingerprint density at radius 2 is 2.05 bits per heavy atom. The number of hydrogen-bond donors (Lipinski definition) is 1. The summed E-state index contributed by atoms with van der Waals surface area (Å²) >= 11 is 0. The van der Waals surface area contributed by atoms with Gasteiger partial charge in [0, 0.05) is 30.5 Å². The number of halogens is 1. The van der Waals surface area contributed by atoms with Gasteiger partial charge >= 0.3 is 6.01 Å². The van der Waals surface area contributed by atoms with Crippen molar-refractivity contribution in [3.63, 3.8) is 0 Å². The number of benzene rings is 1. The first kappa shape index (κ1) is 13.0. The first-order chi connectivity index (χ1) is 9.70. The number of nitrogens with one attached hydrogen (secondary N) is 1. The number of nitrogens with zero attached hydrogens (tertiary/aromatic N) is 2. The summed E-state index contributed by atoms with van der Waals surface area (Å²) in [6.07, 6.45) is 5.89. The van der Waals surface area contributed by atoms with Crippen LogP contribution < -0.4 is 10.1 Å². The molecule has 5 heteroatoms. The summed E-state index contributed by atoms with van der Waals surface area (Å²) < 4.78 is 18.9. The highest BCUT2D eigenvalue weighted by Crippen LogP contribution is 2.23. The molecule has 3 rings (SSSR count). The van der Waals surface area contributed by atoms with E-state index in [1.807, 2.05) is 6.92 Å². The zero-order valence-corrected chi connectivity index (χ0v) is 11.3. The van der Waals surface area contributed by atoms with Gasteiger partial charge in [-0.25, -0.2) is 14.4 Å². The Morgan fingerprint density at radius 1 is 1.30 bits per heavy atom. The third-order valence-corrected chi connectivity index (χ3v) is 3.14. The van der Waals surface area contributed by atoms with Crippen molar-refractivity contribution in [2.45, 2.75) is 32.4 Å². The molecule has 0 amide bonds. The maximum absolute atomic E-state index is 13.6. The fourth-order valence-electron chi connectivity index (χ4n) is 1.82. The van der Waals surface area contributed by atoms with Gasteiger partial charge in [-0.2, -0.15) is 0 Å². The highest BCUT2D eigenvalue weighted by molar-refractivity contribution is 5.31. The van der Waals surface area contributed by atoms with Crippen molar-refractivity contribution in [3.8, 4) is 11.8 Å². The molecular formula is C15H16FN3O. The molecule has 104 valence electrons. The van der Waals surface area contributed by atoms with Gasteiger partial charge in [-0.15, -0.1) is 0 Å². The Morgan fingerprint density at radius 3 is 2.75 bits per heavy atom. The Balaban J connectivity index is 1.66. The molecule has 4 nitrogen and oxygen atoms in total. The molecule has 1 aliphatic rings. The topological polar surface area (TPSA) is 47.0 Å². The van der Waals surface area contributed by atoms with Crippen LogP contribution in [-0.4, -0.2) is 16.0 Å². The lowest BCUT2D eigenvalue weighted by molar-refractivity contribution is 0.410. The predicted octanol–water partition coefficient (Wildman–Crippen LogP) is 2.97. The summed E-state index contributed by atoms with van der Waals surface area (Å²) in [5.74, 6) is -0.271. The van der Waals surface area contributed by atoms with E-state index in [0.29, 0.717) is 6.04 Å².